The van der Waals surface area contributed by atoms with Gasteiger partial charge in [0.2, 0.25) is 0 Å². The van der Waals surface area contributed by atoms with Gasteiger partial charge in [-0.2, -0.15) is 0 Å². The lowest BCUT2D eigenvalue weighted by Crippen LogP contribution is -2.33. The number of rotatable bonds is 7. The van der Waals surface area contributed by atoms with Crippen LogP contribution in [0.1, 0.15) is 36.3 Å². The van der Waals surface area contributed by atoms with Gasteiger partial charge in [0, 0.05) is 37.5 Å². The zero-order valence-electron chi connectivity index (χ0n) is 12.1. The lowest BCUT2D eigenvalue weighted by molar-refractivity contribution is 0.0949. The number of nitrogens with one attached hydrogen (secondary N) is 2. The summed E-state index contributed by atoms with van der Waals surface area (Å²) in [5.41, 5.74) is 0.497. The van der Waals surface area contributed by atoms with Crippen LogP contribution in [0.15, 0.2) is 5.38 Å². The fraction of sp³-hybridized carbons (Fsp3) is 0.692. The summed E-state index contributed by atoms with van der Waals surface area (Å²) in [5, 5.41) is 8.80. The SMILES string of the molecule is COCCNCCNC(=O)c1csc(C(C)(C)C)n1. The average molecular weight is 285 g/mol. The van der Waals surface area contributed by atoms with Crippen LogP contribution in [0, 0.1) is 0 Å². The number of amides is 1. The maximum absolute atomic E-state index is 11.9. The standard InChI is InChI=1S/C13H23N3O2S/c1-13(2,3)12-16-10(9-19-12)11(17)15-6-5-14-7-8-18-4/h9,14H,5-8H2,1-4H3,(H,15,17). The molecule has 1 aromatic rings. The van der Waals surface area contributed by atoms with Crippen LogP contribution in [0.5, 0.6) is 0 Å². The fourth-order valence-corrected chi connectivity index (χ4v) is 2.26. The summed E-state index contributed by atoms with van der Waals surface area (Å²) in [6.45, 7) is 9.05. The third-order valence-corrected chi connectivity index (χ3v) is 3.72. The summed E-state index contributed by atoms with van der Waals surface area (Å²) in [6.07, 6.45) is 0. The van der Waals surface area contributed by atoms with Crippen molar-refractivity contribution in [1.82, 2.24) is 15.6 Å². The molecule has 0 bridgehead atoms. The maximum atomic E-state index is 11.9. The minimum absolute atomic E-state index is 0.00902. The molecular formula is C13H23N3O2S. The number of hydrogen-bond acceptors (Lipinski definition) is 5. The van der Waals surface area contributed by atoms with Gasteiger partial charge in [0.1, 0.15) is 5.69 Å². The molecule has 1 aromatic heterocycles. The van der Waals surface area contributed by atoms with Gasteiger partial charge >= 0.3 is 0 Å². The van der Waals surface area contributed by atoms with E-state index in [-0.39, 0.29) is 11.3 Å². The minimum atomic E-state index is -0.111. The predicted octanol–water partition coefficient (Wildman–Crippen LogP) is 1.41. The van der Waals surface area contributed by atoms with E-state index in [4.69, 9.17) is 4.74 Å². The predicted molar refractivity (Wildman–Crippen MR) is 77.9 cm³/mol. The van der Waals surface area contributed by atoms with Gasteiger partial charge in [-0.3, -0.25) is 4.79 Å². The Morgan fingerprint density at radius 3 is 2.68 bits per heavy atom. The number of nitrogens with zero attached hydrogens (tertiary/aromatic N) is 1. The number of thiazole rings is 1. The molecule has 5 nitrogen and oxygen atoms in total. The van der Waals surface area contributed by atoms with Crippen LogP contribution in [0.25, 0.3) is 0 Å². The third kappa shape index (κ3) is 5.67. The minimum Gasteiger partial charge on any atom is -0.383 e. The van der Waals surface area contributed by atoms with Crippen molar-refractivity contribution in [3.63, 3.8) is 0 Å². The van der Waals surface area contributed by atoms with E-state index in [9.17, 15) is 4.79 Å². The fourth-order valence-electron chi connectivity index (χ4n) is 1.38. The van der Waals surface area contributed by atoms with E-state index in [1.807, 2.05) is 5.38 Å². The first-order chi connectivity index (χ1) is 8.95. The second-order valence-corrected chi connectivity index (χ2v) is 6.14. The number of methoxy groups -OCH3 is 1. The zero-order chi connectivity index (χ0) is 14.3. The normalized spacial score (nSPS) is 11.6. The quantitative estimate of drug-likeness (QED) is 0.744. The molecule has 1 rings (SSSR count). The van der Waals surface area contributed by atoms with Gasteiger partial charge in [-0.1, -0.05) is 20.8 Å². The summed E-state index contributed by atoms with van der Waals surface area (Å²) < 4.78 is 4.91. The zero-order valence-corrected chi connectivity index (χ0v) is 12.9. The first-order valence-corrected chi connectivity index (χ1v) is 7.27. The van der Waals surface area contributed by atoms with Crippen LogP contribution in [0.4, 0.5) is 0 Å². The van der Waals surface area contributed by atoms with Crippen molar-refractivity contribution in [3.8, 4) is 0 Å². The highest BCUT2D eigenvalue weighted by molar-refractivity contribution is 7.10. The maximum Gasteiger partial charge on any atom is 0.270 e. The van der Waals surface area contributed by atoms with E-state index in [0.29, 0.717) is 18.8 Å². The van der Waals surface area contributed by atoms with Gasteiger partial charge in [-0.25, -0.2) is 4.98 Å². The number of hydrogen-bond donors (Lipinski definition) is 2. The van der Waals surface area contributed by atoms with Gasteiger partial charge in [-0.05, 0) is 0 Å². The van der Waals surface area contributed by atoms with E-state index < -0.39 is 0 Å². The van der Waals surface area contributed by atoms with Crippen molar-refractivity contribution in [2.45, 2.75) is 26.2 Å². The largest absolute Gasteiger partial charge is 0.383 e. The topological polar surface area (TPSA) is 63.2 Å². The van der Waals surface area contributed by atoms with Crippen molar-refractivity contribution in [3.05, 3.63) is 16.1 Å². The summed E-state index contributed by atoms with van der Waals surface area (Å²) in [7, 11) is 1.67. The molecule has 0 aliphatic rings. The molecule has 0 fully saturated rings. The van der Waals surface area contributed by atoms with Gasteiger partial charge in [0.05, 0.1) is 11.6 Å². The Hall–Kier alpha value is -0.980. The molecule has 0 aliphatic carbocycles. The van der Waals surface area contributed by atoms with E-state index in [1.54, 1.807) is 7.11 Å². The van der Waals surface area contributed by atoms with Crippen LogP contribution in [0.2, 0.25) is 0 Å². The van der Waals surface area contributed by atoms with E-state index in [1.165, 1.54) is 11.3 Å². The molecule has 0 aromatic carbocycles. The molecule has 2 N–H and O–H groups in total. The Balaban J connectivity index is 2.32. The molecule has 0 radical (unpaired) electrons. The molecule has 0 aliphatic heterocycles. The average Bonchev–Trinajstić information content (AvgIpc) is 2.82. The van der Waals surface area contributed by atoms with Gasteiger partial charge in [0.25, 0.3) is 5.91 Å². The van der Waals surface area contributed by atoms with Crippen molar-refractivity contribution < 1.29 is 9.53 Å². The van der Waals surface area contributed by atoms with Crippen LogP contribution in [-0.4, -0.2) is 44.2 Å². The molecule has 0 unspecified atom stereocenters. The molecule has 19 heavy (non-hydrogen) atoms. The van der Waals surface area contributed by atoms with Crippen LogP contribution >= 0.6 is 11.3 Å². The van der Waals surface area contributed by atoms with Crippen molar-refractivity contribution in [2.24, 2.45) is 0 Å². The van der Waals surface area contributed by atoms with Gasteiger partial charge in [0.15, 0.2) is 0 Å². The first-order valence-electron chi connectivity index (χ1n) is 6.39. The molecule has 0 saturated carbocycles. The molecule has 108 valence electrons. The summed E-state index contributed by atoms with van der Waals surface area (Å²) in [5.74, 6) is -0.111. The molecular weight excluding hydrogens is 262 g/mol. The van der Waals surface area contributed by atoms with Crippen LogP contribution in [0.3, 0.4) is 0 Å². The molecule has 1 heterocycles. The molecule has 0 saturated heterocycles. The van der Waals surface area contributed by atoms with Crippen molar-refractivity contribution in [2.75, 3.05) is 33.4 Å². The lowest BCUT2D eigenvalue weighted by Gasteiger charge is -2.13. The summed E-state index contributed by atoms with van der Waals surface area (Å²) >= 11 is 1.53. The summed E-state index contributed by atoms with van der Waals surface area (Å²) in [4.78, 5) is 16.2. The Labute approximate surface area is 118 Å². The highest BCUT2D eigenvalue weighted by atomic mass is 32.1. The number of carbonyl (C=O) groups excluding carboxylic acids is 1. The number of ether oxygens (including phenoxy) is 1. The van der Waals surface area contributed by atoms with Gasteiger partial charge in [-0.15, -0.1) is 11.3 Å². The molecule has 0 atom stereocenters. The molecule has 1 amide bonds. The highest BCUT2D eigenvalue weighted by Crippen LogP contribution is 2.25. The Morgan fingerprint density at radius 2 is 2.11 bits per heavy atom. The number of aromatic nitrogens is 1. The Bertz CT molecular complexity index is 399. The van der Waals surface area contributed by atoms with E-state index >= 15 is 0 Å². The van der Waals surface area contributed by atoms with E-state index in [2.05, 4.69) is 36.4 Å². The van der Waals surface area contributed by atoms with Gasteiger partial charge < -0.3 is 15.4 Å². The first kappa shape index (κ1) is 16.1. The Morgan fingerprint density at radius 1 is 1.37 bits per heavy atom. The monoisotopic (exact) mass is 285 g/mol. The van der Waals surface area contributed by atoms with Crippen molar-refractivity contribution in [1.29, 1.82) is 0 Å². The van der Waals surface area contributed by atoms with Crippen LogP contribution < -0.4 is 10.6 Å². The third-order valence-electron chi connectivity index (χ3n) is 2.45. The second kappa shape index (κ2) is 7.57. The van der Waals surface area contributed by atoms with Crippen molar-refractivity contribution >= 4 is 17.2 Å². The number of carbonyl (C=O) groups is 1. The van der Waals surface area contributed by atoms with Crippen LogP contribution in [-0.2, 0) is 10.2 Å². The Kier molecular flexibility index (Phi) is 6.41. The highest BCUT2D eigenvalue weighted by Gasteiger charge is 2.19. The summed E-state index contributed by atoms with van der Waals surface area (Å²) in [6, 6.07) is 0. The van der Waals surface area contributed by atoms with E-state index in [0.717, 1.165) is 18.1 Å². The smallest absolute Gasteiger partial charge is 0.270 e. The second-order valence-electron chi connectivity index (χ2n) is 5.29. The molecule has 6 heteroatoms. The molecule has 0 spiro atoms. The lowest BCUT2D eigenvalue weighted by atomic mass is 9.98.